The molecule has 4 nitrogen and oxygen atoms in total. The number of anilines is 1. The largest absolute Gasteiger partial charge is 0.325 e. The van der Waals surface area contributed by atoms with Crippen LogP contribution in [0.4, 0.5) is 10.6 Å². The van der Waals surface area contributed by atoms with E-state index < -0.39 is 0 Å². The highest BCUT2D eigenvalue weighted by Gasteiger charge is 2.11. The van der Waals surface area contributed by atoms with Crippen molar-refractivity contribution in [2.24, 2.45) is 0 Å². The number of carbonyl (C=O) groups is 1. The van der Waals surface area contributed by atoms with Crippen LogP contribution in [0.15, 0.2) is 22.8 Å². The first kappa shape index (κ1) is 12.0. The van der Waals surface area contributed by atoms with Gasteiger partial charge in [-0.3, -0.25) is 5.32 Å². The minimum atomic E-state index is -0.126. The summed E-state index contributed by atoms with van der Waals surface area (Å²) >= 11 is 3.32. The molecule has 0 aliphatic carbocycles. The van der Waals surface area contributed by atoms with Crippen LogP contribution in [0, 0.1) is 0 Å². The minimum absolute atomic E-state index is 0.126. The molecule has 15 heavy (non-hydrogen) atoms. The highest BCUT2D eigenvalue weighted by atomic mass is 79.9. The SMILES string of the molecule is CCN(CC)C(=O)Nc1ncccc1Br. The lowest BCUT2D eigenvalue weighted by Gasteiger charge is -2.19. The maximum Gasteiger partial charge on any atom is 0.323 e. The van der Waals surface area contributed by atoms with Crippen molar-refractivity contribution in [3.05, 3.63) is 22.8 Å². The Morgan fingerprint density at radius 1 is 1.53 bits per heavy atom. The fraction of sp³-hybridized carbons (Fsp3) is 0.400. The van der Waals surface area contributed by atoms with Gasteiger partial charge >= 0.3 is 6.03 Å². The molecule has 0 unspecified atom stereocenters. The Kier molecular flexibility index (Phi) is 4.55. The van der Waals surface area contributed by atoms with Crippen molar-refractivity contribution in [1.82, 2.24) is 9.88 Å². The van der Waals surface area contributed by atoms with E-state index in [1.807, 2.05) is 19.9 Å². The summed E-state index contributed by atoms with van der Waals surface area (Å²) < 4.78 is 0.783. The fourth-order valence-electron chi connectivity index (χ4n) is 1.17. The fourth-order valence-corrected chi connectivity index (χ4v) is 1.52. The molecule has 0 aromatic carbocycles. The average Bonchev–Trinajstić information content (AvgIpc) is 2.23. The van der Waals surface area contributed by atoms with E-state index >= 15 is 0 Å². The number of carbonyl (C=O) groups excluding carboxylic acids is 1. The summed E-state index contributed by atoms with van der Waals surface area (Å²) in [6, 6.07) is 3.52. The Balaban J connectivity index is 2.70. The summed E-state index contributed by atoms with van der Waals surface area (Å²) in [6.07, 6.45) is 1.64. The zero-order chi connectivity index (χ0) is 11.3. The molecule has 1 rings (SSSR count). The lowest BCUT2D eigenvalue weighted by Crippen LogP contribution is -2.34. The molecular formula is C10H14BrN3O. The van der Waals surface area contributed by atoms with Crippen LogP contribution in [0.1, 0.15) is 13.8 Å². The van der Waals surface area contributed by atoms with Crippen molar-refractivity contribution in [2.45, 2.75) is 13.8 Å². The number of pyridine rings is 1. The monoisotopic (exact) mass is 271 g/mol. The molecule has 1 heterocycles. The van der Waals surface area contributed by atoms with E-state index in [1.165, 1.54) is 0 Å². The van der Waals surface area contributed by atoms with Crippen molar-refractivity contribution in [1.29, 1.82) is 0 Å². The number of nitrogens with one attached hydrogen (secondary N) is 1. The molecule has 0 fully saturated rings. The van der Waals surface area contributed by atoms with E-state index in [9.17, 15) is 4.79 Å². The second-order valence-electron chi connectivity index (χ2n) is 2.94. The predicted octanol–water partition coefficient (Wildman–Crippen LogP) is 2.72. The number of aromatic nitrogens is 1. The zero-order valence-corrected chi connectivity index (χ0v) is 10.4. The Bertz CT molecular complexity index is 339. The summed E-state index contributed by atoms with van der Waals surface area (Å²) in [5, 5.41) is 2.74. The van der Waals surface area contributed by atoms with Crippen molar-refractivity contribution in [3.8, 4) is 0 Å². The number of halogens is 1. The molecule has 0 radical (unpaired) electrons. The van der Waals surface area contributed by atoms with Crippen LogP contribution in [0.5, 0.6) is 0 Å². The van der Waals surface area contributed by atoms with Gasteiger partial charge < -0.3 is 4.90 Å². The van der Waals surface area contributed by atoms with Crippen molar-refractivity contribution < 1.29 is 4.79 Å². The molecule has 82 valence electrons. The van der Waals surface area contributed by atoms with E-state index in [2.05, 4.69) is 26.2 Å². The molecule has 0 saturated heterocycles. The van der Waals surface area contributed by atoms with Crippen LogP contribution in [-0.2, 0) is 0 Å². The molecule has 1 aromatic heterocycles. The number of hydrogen-bond donors (Lipinski definition) is 1. The third-order valence-corrected chi connectivity index (χ3v) is 2.67. The summed E-state index contributed by atoms with van der Waals surface area (Å²) in [5.74, 6) is 0.550. The van der Waals surface area contributed by atoms with Gasteiger partial charge in [0.25, 0.3) is 0 Å². The quantitative estimate of drug-likeness (QED) is 0.919. The zero-order valence-electron chi connectivity index (χ0n) is 8.83. The topological polar surface area (TPSA) is 45.2 Å². The molecule has 2 amide bonds. The third kappa shape index (κ3) is 3.20. The Morgan fingerprint density at radius 2 is 2.20 bits per heavy atom. The molecule has 0 atom stereocenters. The summed E-state index contributed by atoms with van der Waals surface area (Å²) in [7, 11) is 0. The third-order valence-electron chi connectivity index (χ3n) is 2.03. The van der Waals surface area contributed by atoms with Crippen LogP contribution in [0.3, 0.4) is 0 Å². The lowest BCUT2D eigenvalue weighted by atomic mass is 10.4. The Labute approximate surface area is 97.8 Å². The van der Waals surface area contributed by atoms with Gasteiger partial charge in [-0.2, -0.15) is 0 Å². The molecule has 0 bridgehead atoms. The van der Waals surface area contributed by atoms with Crippen molar-refractivity contribution in [3.63, 3.8) is 0 Å². The molecule has 0 saturated carbocycles. The summed E-state index contributed by atoms with van der Waals surface area (Å²) in [5.41, 5.74) is 0. The Morgan fingerprint density at radius 3 is 2.73 bits per heavy atom. The van der Waals surface area contributed by atoms with E-state index in [1.54, 1.807) is 17.2 Å². The van der Waals surface area contributed by atoms with Gasteiger partial charge in [-0.25, -0.2) is 9.78 Å². The first-order valence-corrected chi connectivity index (χ1v) is 5.64. The van der Waals surface area contributed by atoms with Gasteiger partial charge in [-0.1, -0.05) is 0 Å². The van der Waals surface area contributed by atoms with Crippen molar-refractivity contribution in [2.75, 3.05) is 18.4 Å². The minimum Gasteiger partial charge on any atom is -0.325 e. The molecular weight excluding hydrogens is 258 g/mol. The van der Waals surface area contributed by atoms with Crippen molar-refractivity contribution >= 4 is 27.8 Å². The van der Waals surface area contributed by atoms with E-state index in [-0.39, 0.29) is 6.03 Å². The number of urea groups is 1. The second-order valence-corrected chi connectivity index (χ2v) is 3.79. The maximum absolute atomic E-state index is 11.7. The molecule has 0 aliphatic heterocycles. The van der Waals surface area contributed by atoms with Crippen LogP contribution >= 0.6 is 15.9 Å². The highest BCUT2D eigenvalue weighted by molar-refractivity contribution is 9.10. The smallest absolute Gasteiger partial charge is 0.323 e. The first-order valence-electron chi connectivity index (χ1n) is 4.85. The maximum atomic E-state index is 11.7. The standard InChI is InChI=1S/C10H14BrN3O/c1-3-14(4-2)10(15)13-9-8(11)6-5-7-12-9/h5-7H,3-4H2,1-2H3,(H,12,13,15). The van der Waals surface area contributed by atoms with Crippen LogP contribution in [0.25, 0.3) is 0 Å². The van der Waals surface area contributed by atoms with E-state index in [0.717, 1.165) is 4.47 Å². The number of nitrogens with zero attached hydrogens (tertiary/aromatic N) is 2. The van der Waals surface area contributed by atoms with Gasteiger partial charge in [-0.05, 0) is 41.9 Å². The van der Waals surface area contributed by atoms with Gasteiger partial charge in [0.1, 0.15) is 5.82 Å². The van der Waals surface area contributed by atoms with Gasteiger partial charge in [0.2, 0.25) is 0 Å². The molecule has 0 aliphatic rings. The molecule has 1 N–H and O–H groups in total. The normalized spacial score (nSPS) is 9.80. The van der Waals surface area contributed by atoms with E-state index in [0.29, 0.717) is 18.9 Å². The molecule has 0 spiro atoms. The second kappa shape index (κ2) is 5.70. The number of rotatable bonds is 3. The van der Waals surface area contributed by atoms with E-state index in [4.69, 9.17) is 0 Å². The summed E-state index contributed by atoms with van der Waals surface area (Å²) in [4.78, 5) is 17.4. The van der Waals surface area contributed by atoms with Crippen LogP contribution in [-0.4, -0.2) is 29.0 Å². The lowest BCUT2D eigenvalue weighted by molar-refractivity contribution is 0.217. The summed E-state index contributed by atoms with van der Waals surface area (Å²) in [6.45, 7) is 5.26. The highest BCUT2D eigenvalue weighted by Crippen LogP contribution is 2.18. The number of amides is 2. The Hall–Kier alpha value is -1.10. The molecule has 1 aromatic rings. The van der Waals surface area contributed by atoms with Crippen LogP contribution in [0.2, 0.25) is 0 Å². The van der Waals surface area contributed by atoms with Gasteiger partial charge in [0.05, 0.1) is 4.47 Å². The van der Waals surface area contributed by atoms with Gasteiger partial charge in [0, 0.05) is 19.3 Å². The first-order chi connectivity index (χ1) is 7.19. The molecule has 5 heteroatoms. The predicted molar refractivity (Wildman–Crippen MR) is 63.9 cm³/mol. The van der Waals surface area contributed by atoms with Gasteiger partial charge in [0.15, 0.2) is 0 Å². The van der Waals surface area contributed by atoms with Gasteiger partial charge in [-0.15, -0.1) is 0 Å². The van der Waals surface area contributed by atoms with Crippen LogP contribution < -0.4 is 5.32 Å². The number of hydrogen-bond acceptors (Lipinski definition) is 2. The average molecular weight is 272 g/mol.